The molecule has 20 heavy (non-hydrogen) atoms. The smallest absolute Gasteiger partial charge is 0.206 e. The second-order valence-corrected chi connectivity index (χ2v) is 5.84. The summed E-state index contributed by atoms with van der Waals surface area (Å²) in [5.41, 5.74) is 1.84. The zero-order chi connectivity index (χ0) is 14.1. The van der Waals surface area contributed by atoms with Crippen LogP contribution in [0.15, 0.2) is 41.9 Å². The van der Waals surface area contributed by atoms with Gasteiger partial charge in [0.05, 0.1) is 20.5 Å². The molecule has 0 fully saturated rings. The lowest BCUT2D eigenvalue weighted by Crippen LogP contribution is -1.99. The average Bonchev–Trinajstić information content (AvgIpc) is 3.11. The first-order chi connectivity index (χ1) is 9.66. The minimum absolute atomic E-state index is 0.0603. The van der Waals surface area contributed by atoms with Crippen molar-refractivity contribution in [1.82, 2.24) is 10.2 Å². The summed E-state index contributed by atoms with van der Waals surface area (Å²) in [5.74, 6) is -0.0603. The van der Waals surface area contributed by atoms with E-state index >= 15 is 0 Å². The van der Waals surface area contributed by atoms with Crippen LogP contribution in [0.5, 0.6) is 0 Å². The number of carbonyl (C=O) groups excluding carboxylic acids is 1. The van der Waals surface area contributed by atoms with Crippen LogP contribution in [0.25, 0.3) is 11.3 Å². The maximum Gasteiger partial charge on any atom is 0.206 e. The largest absolute Gasteiger partial charge is 0.288 e. The van der Waals surface area contributed by atoms with Crippen molar-refractivity contribution < 1.29 is 4.79 Å². The lowest BCUT2D eigenvalue weighted by atomic mass is 10.0. The fourth-order valence-corrected chi connectivity index (χ4v) is 2.84. The number of benzene rings is 1. The first-order valence-electron chi connectivity index (χ1n) is 5.74. The Morgan fingerprint density at radius 2 is 2.05 bits per heavy atom. The molecule has 0 unspecified atom stereocenters. The number of H-pyrrole nitrogens is 1. The standard InChI is InChI=1S/C14H8Cl2N2OS/c15-10-4-3-8(6-11(10)16)13-9(7-17-18-13)14(19)12-2-1-5-20-12/h1-7H,(H,17,18). The van der Waals surface area contributed by atoms with Crippen molar-refractivity contribution in [1.29, 1.82) is 0 Å². The molecule has 0 saturated carbocycles. The number of hydrogen-bond donors (Lipinski definition) is 1. The first-order valence-corrected chi connectivity index (χ1v) is 7.38. The number of rotatable bonds is 3. The van der Waals surface area contributed by atoms with E-state index in [1.54, 1.807) is 30.5 Å². The predicted molar refractivity (Wildman–Crippen MR) is 81.8 cm³/mol. The molecule has 0 aliphatic rings. The molecule has 3 nitrogen and oxygen atoms in total. The van der Waals surface area contributed by atoms with Crippen LogP contribution in [-0.4, -0.2) is 16.0 Å². The number of nitrogens with zero attached hydrogens (tertiary/aromatic N) is 1. The molecule has 0 amide bonds. The van der Waals surface area contributed by atoms with Gasteiger partial charge in [0, 0.05) is 11.8 Å². The molecule has 2 aromatic heterocycles. The first kappa shape index (κ1) is 13.4. The third-order valence-corrected chi connectivity index (χ3v) is 4.43. The second-order valence-electron chi connectivity index (χ2n) is 4.08. The number of aromatic amines is 1. The summed E-state index contributed by atoms with van der Waals surface area (Å²) in [6, 6.07) is 8.81. The van der Waals surface area contributed by atoms with Gasteiger partial charge in [-0.15, -0.1) is 11.3 Å². The van der Waals surface area contributed by atoms with Gasteiger partial charge < -0.3 is 0 Å². The van der Waals surface area contributed by atoms with E-state index in [1.165, 1.54) is 11.3 Å². The highest BCUT2D eigenvalue weighted by Gasteiger charge is 2.18. The molecule has 0 aliphatic carbocycles. The number of aromatic nitrogens is 2. The fourth-order valence-electron chi connectivity index (χ4n) is 1.87. The summed E-state index contributed by atoms with van der Waals surface area (Å²) in [6.07, 6.45) is 1.60. The summed E-state index contributed by atoms with van der Waals surface area (Å²) in [6.45, 7) is 0. The Kier molecular flexibility index (Phi) is 3.61. The lowest BCUT2D eigenvalue weighted by molar-refractivity contribution is 0.104. The van der Waals surface area contributed by atoms with Crippen LogP contribution in [-0.2, 0) is 0 Å². The molecule has 3 aromatic rings. The van der Waals surface area contributed by atoms with Crippen LogP contribution in [0.2, 0.25) is 10.0 Å². The van der Waals surface area contributed by atoms with Gasteiger partial charge in [-0.05, 0) is 23.6 Å². The summed E-state index contributed by atoms with van der Waals surface area (Å²) < 4.78 is 0. The molecule has 0 bridgehead atoms. The van der Waals surface area contributed by atoms with Crippen LogP contribution in [0, 0.1) is 0 Å². The van der Waals surface area contributed by atoms with E-state index in [4.69, 9.17) is 23.2 Å². The van der Waals surface area contributed by atoms with E-state index in [1.807, 2.05) is 11.4 Å². The molecule has 3 rings (SSSR count). The van der Waals surface area contributed by atoms with Crippen molar-refractivity contribution in [2.45, 2.75) is 0 Å². The van der Waals surface area contributed by atoms with Gasteiger partial charge >= 0.3 is 0 Å². The number of hydrogen-bond acceptors (Lipinski definition) is 3. The highest BCUT2D eigenvalue weighted by atomic mass is 35.5. The Morgan fingerprint density at radius 3 is 2.75 bits per heavy atom. The van der Waals surface area contributed by atoms with E-state index in [9.17, 15) is 4.79 Å². The number of nitrogens with one attached hydrogen (secondary N) is 1. The van der Waals surface area contributed by atoms with Crippen LogP contribution in [0.1, 0.15) is 15.2 Å². The minimum Gasteiger partial charge on any atom is -0.288 e. The van der Waals surface area contributed by atoms with Gasteiger partial charge in [-0.3, -0.25) is 9.89 Å². The molecule has 0 saturated heterocycles. The molecule has 0 radical (unpaired) electrons. The van der Waals surface area contributed by atoms with Gasteiger partial charge in [0.25, 0.3) is 0 Å². The molecule has 1 N–H and O–H groups in total. The monoisotopic (exact) mass is 322 g/mol. The third kappa shape index (κ3) is 2.38. The molecular weight excluding hydrogens is 315 g/mol. The molecule has 0 aliphatic heterocycles. The van der Waals surface area contributed by atoms with Crippen LogP contribution in [0.3, 0.4) is 0 Å². The van der Waals surface area contributed by atoms with E-state index in [-0.39, 0.29) is 5.78 Å². The molecular formula is C14H8Cl2N2OS. The van der Waals surface area contributed by atoms with Crippen molar-refractivity contribution in [2.24, 2.45) is 0 Å². The molecule has 2 heterocycles. The maximum atomic E-state index is 12.4. The lowest BCUT2D eigenvalue weighted by Gasteiger charge is -2.02. The van der Waals surface area contributed by atoms with Gasteiger partial charge in [-0.2, -0.15) is 5.10 Å². The second kappa shape index (κ2) is 5.40. The Balaban J connectivity index is 2.06. The molecule has 0 atom stereocenters. The zero-order valence-electron chi connectivity index (χ0n) is 10.1. The summed E-state index contributed by atoms with van der Waals surface area (Å²) in [5, 5.41) is 9.65. The van der Waals surface area contributed by atoms with Crippen molar-refractivity contribution >= 4 is 40.3 Å². The Labute approximate surface area is 129 Å². The van der Waals surface area contributed by atoms with E-state index in [0.29, 0.717) is 26.2 Å². The van der Waals surface area contributed by atoms with E-state index in [0.717, 1.165) is 5.56 Å². The highest BCUT2D eigenvalue weighted by molar-refractivity contribution is 7.12. The van der Waals surface area contributed by atoms with Crippen LogP contribution in [0.4, 0.5) is 0 Å². The van der Waals surface area contributed by atoms with Crippen LogP contribution >= 0.6 is 34.5 Å². The molecule has 0 spiro atoms. The SMILES string of the molecule is O=C(c1cccs1)c1c[nH]nc1-c1ccc(Cl)c(Cl)c1. The van der Waals surface area contributed by atoms with Gasteiger partial charge in [0.2, 0.25) is 5.78 Å². The van der Waals surface area contributed by atoms with Crippen LogP contribution < -0.4 is 0 Å². The highest BCUT2D eigenvalue weighted by Crippen LogP contribution is 2.30. The van der Waals surface area contributed by atoms with Crippen molar-refractivity contribution in [2.75, 3.05) is 0 Å². The third-order valence-electron chi connectivity index (χ3n) is 2.82. The predicted octanol–water partition coefficient (Wildman–Crippen LogP) is 4.68. The zero-order valence-corrected chi connectivity index (χ0v) is 12.4. The van der Waals surface area contributed by atoms with Gasteiger partial charge in [0.15, 0.2) is 0 Å². The number of halogens is 2. The summed E-state index contributed by atoms with van der Waals surface area (Å²) in [7, 11) is 0. The topological polar surface area (TPSA) is 45.8 Å². The molecule has 1 aromatic carbocycles. The summed E-state index contributed by atoms with van der Waals surface area (Å²) in [4.78, 5) is 13.1. The van der Waals surface area contributed by atoms with Crippen molar-refractivity contribution in [3.05, 3.63) is 62.4 Å². The van der Waals surface area contributed by atoms with Gasteiger partial charge in [0.1, 0.15) is 5.69 Å². The van der Waals surface area contributed by atoms with Crippen molar-refractivity contribution in [3.63, 3.8) is 0 Å². The maximum absolute atomic E-state index is 12.4. The van der Waals surface area contributed by atoms with Gasteiger partial charge in [-0.25, -0.2) is 0 Å². The van der Waals surface area contributed by atoms with E-state index < -0.39 is 0 Å². The summed E-state index contributed by atoms with van der Waals surface area (Å²) >= 11 is 13.3. The minimum atomic E-state index is -0.0603. The molecule has 100 valence electrons. The Bertz CT molecular complexity index is 765. The van der Waals surface area contributed by atoms with Crippen molar-refractivity contribution in [3.8, 4) is 11.3 Å². The number of thiophene rings is 1. The quantitative estimate of drug-likeness (QED) is 0.712. The van der Waals surface area contributed by atoms with E-state index in [2.05, 4.69) is 10.2 Å². The Morgan fingerprint density at radius 1 is 1.20 bits per heavy atom. The van der Waals surface area contributed by atoms with Gasteiger partial charge in [-0.1, -0.05) is 35.3 Å². The average molecular weight is 323 g/mol. The number of ketones is 1. The normalized spacial score (nSPS) is 10.7. The number of carbonyl (C=O) groups is 1. The Hall–Kier alpha value is -1.62. The fraction of sp³-hybridized carbons (Fsp3) is 0. The molecule has 6 heteroatoms.